The van der Waals surface area contributed by atoms with Gasteiger partial charge in [-0.05, 0) is 42.7 Å². The number of aryl methyl sites for hydroxylation is 1. The predicted molar refractivity (Wildman–Crippen MR) is 112 cm³/mol. The number of nitrogens with one attached hydrogen (secondary N) is 2. The van der Waals surface area contributed by atoms with Crippen LogP contribution in [0.3, 0.4) is 0 Å². The number of halogens is 2. The maximum Gasteiger partial charge on any atom is 0.326 e. The first-order chi connectivity index (χ1) is 14.7. The number of carbonyl (C=O) groups is 1. The summed E-state index contributed by atoms with van der Waals surface area (Å²) < 4.78 is 28.3. The summed E-state index contributed by atoms with van der Waals surface area (Å²) in [5.41, 5.74) is 1.63. The van der Waals surface area contributed by atoms with Crippen molar-refractivity contribution < 1.29 is 13.6 Å². The van der Waals surface area contributed by atoms with Crippen LogP contribution in [0.15, 0.2) is 41.3 Å². The minimum Gasteiger partial charge on any atom is -0.357 e. The molecule has 3 aromatic rings. The number of anilines is 1. The minimum atomic E-state index is -2.49. The number of carbonyl (C=O) groups excluding carboxylic acids is 1. The normalized spacial score (nSPS) is 23.5. The number of nitrogens with zero attached hydrogens (tertiary/aromatic N) is 3. The molecule has 0 unspecified atom stereocenters. The SMILES string of the molecule is CN(c1ccc(CNC(=O)c2ccc3c(c2)[nH]c(=O)n3C)cn1)C1CC2(C1)CC2(F)F. The quantitative estimate of drug-likeness (QED) is 0.656. The molecule has 1 amide bonds. The van der Waals surface area contributed by atoms with Crippen LogP contribution in [0.4, 0.5) is 14.6 Å². The van der Waals surface area contributed by atoms with E-state index in [9.17, 15) is 18.4 Å². The molecule has 2 aliphatic carbocycles. The molecule has 0 atom stereocenters. The van der Waals surface area contributed by atoms with Gasteiger partial charge in [0.15, 0.2) is 0 Å². The average molecular weight is 427 g/mol. The third-order valence-electron chi connectivity index (χ3n) is 6.80. The van der Waals surface area contributed by atoms with Gasteiger partial charge >= 0.3 is 5.69 Å². The molecule has 2 fully saturated rings. The average Bonchev–Trinajstić information content (AvgIpc) is 3.21. The van der Waals surface area contributed by atoms with E-state index in [0.29, 0.717) is 30.5 Å². The maximum atomic E-state index is 13.4. The fourth-order valence-corrected chi connectivity index (χ4v) is 4.52. The van der Waals surface area contributed by atoms with Crippen LogP contribution in [-0.2, 0) is 13.6 Å². The van der Waals surface area contributed by atoms with Crippen molar-refractivity contribution in [1.29, 1.82) is 0 Å². The zero-order valence-corrected chi connectivity index (χ0v) is 17.3. The number of hydrogen-bond donors (Lipinski definition) is 2. The maximum absolute atomic E-state index is 13.4. The summed E-state index contributed by atoms with van der Waals surface area (Å²) in [7, 11) is 3.55. The molecule has 0 aliphatic heterocycles. The van der Waals surface area contributed by atoms with Gasteiger partial charge in [0.1, 0.15) is 5.82 Å². The number of aromatic nitrogens is 3. The van der Waals surface area contributed by atoms with E-state index in [0.717, 1.165) is 16.9 Å². The lowest BCUT2D eigenvalue weighted by Gasteiger charge is -2.42. The van der Waals surface area contributed by atoms with Crippen LogP contribution in [0.5, 0.6) is 0 Å². The summed E-state index contributed by atoms with van der Waals surface area (Å²) in [4.78, 5) is 33.3. The van der Waals surface area contributed by atoms with Crippen LogP contribution in [0.1, 0.15) is 35.2 Å². The predicted octanol–water partition coefficient (Wildman–Crippen LogP) is 2.82. The van der Waals surface area contributed by atoms with Crippen LogP contribution in [0.2, 0.25) is 0 Å². The summed E-state index contributed by atoms with van der Waals surface area (Å²) in [6.45, 7) is 0.304. The highest BCUT2D eigenvalue weighted by Gasteiger charge is 2.76. The lowest BCUT2D eigenvalue weighted by molar-refractivity contribution is 0.0205. The van der Waals surface area contributed by atoms with Gasteiger partial charge in [-0.2, -0.15) is 0 Å². The second-order valence-corrected chi connectivity index (χ2v) is 8.76. The first-order valence-electron chi connectivity index (χ1n) is 10.2. The summed E-state index contributed by atoms with van der Waals surface area (Å²) in [6, 6.07) is 8.87. The monoisotopic (exact) mass is 427 g/mol. The van der Waals surface area contributed by atoms with Gasteiger partial charge < -0.3 is 15.2 Å². The Labute approximate surface area is 177 Å². The molecule has 2 aliphatic rings. The first kappa shape index (κ1) is 19.7. The van der Waals surface area contributed by atoms with Gasteiger partial charge in [0.25, 0.3) is 11.8 Å². The lowest BCUT2D eigenvalue weighted by Crippen LogP contribution is -2.46. The molecule has 7 nitrogen and oxygen atoms in total. The van der Waals surface area contributed by atoms with Crippen molar-refractivity contribution in [2.75, 3.05) is 11.9 Å². The summed E-state index contributed by atoms with van der Waals surface area (Å²) >= 11 is 0. The second kappa shape index (κ2) is 6.63. The number of alkyl halides is 2. The Morgan fingerprint density at radius 1 is 1.32 bits per heavy atom. The Kier molecular flexibility index (Phi) is 4.22. The molecular formula is C22H23F2N5O2. The standard InChI is InChI=1S/C22H23F2N5O2/c1-28(15-8-21(9-15)12-22(21,23)24)18-6-3-13(10-25-18)11-26-19(30)14-4-5-17-16(7-14)27-20(31)29(17)2/h3-7,10,15H,8-9,11-12H2,1-2H3,(H,26,30)(H,27,31). The molecule has 0 saturated heterocycles. The van der Waals surface area contributed by atoms with E-state index in [4.69, 9.17) is 0 Å². The van der Waals surface area contributed by atoms with Crippen molar-refractivity contribution in [3.63, 3.8) is 0 Å². The van der Waals surface area contributed by atoms with Crippen LogP contribution >= 0.6 is 0 Å². The molecule has 2 saturated carbocycles. The number of amides is 1. The number of H-pyrrole nitrogens is 1. The van der Waals surface area contributed by atoms with Gasteiger partial charge in [-0.25, -0.2) is 18.6 Å². The molecule has 0 radical (unpaired) electrons. The van der Waals surface area contributed by atoms with E-state index in [2.05, 4.69) is 15.3 Å². The summed E-state index contributed by atoms with van der Waals surface area (Å²) in [6.07, 6.45) is 2.72. The number of aromatic amines is 1. The number of hydrogen-bond acceptors (Lipinski definition) is 4. The largest absolute Gasteiger partial charge is 0.357 e. The zero-order chi connectivity index (χ0) is 22.0. The molecule has 1 spiro atoms. The van der Waals surface area contributed by atoms with Crippen molar-refractivity contribution in [3.05, 3.63) is 58.1 Å². The number of benzene rings is 1. The molecule has 2 aromatic heterocycles. The zero-order valence-electron chi connectivity index (χ0n) is 17.3. The van der Waals surface area contributed by atoms with Gasteiger partial charge in [0.2, 0.25) is 0 Å². The fourth-order valence-electron chi connectivity index (χ4n) is 4.52. The lowest BCUT2D eigenvalue weighted by atomic mass is 9.75. The van der Waals surface area contributed by atoms with E-state index in [1.165, 1.54) is 4.57 Å². The molecular weight excluding hydrogens is 404 g/mol. The number of pyridine rings is 1. The van der Waals surface area contributed by atoms with Crippen LogP contribution in [-0.4, -0.2) is 39.5 Å². The second-order valence-electron chi connectivity index (χ2n) is 8.76. The van der Waals surface area contributed by atoms with E-state index in [1.54, 1.807) is 31.4 Å². The van der Waals surface area contributed by atoms with Crippen molar-refractivity contribution in [3.8, 4) is 0 Å². The van der Waals surface area contributed by atoms with Crippen molar-refractivity contribution in [2.45, 2.75) is 37.8 Å². The topological polar surface area (TPSA) is 83.0 Å². The third-order valence-corrected chi connectivity index (χ3v) is 6.80. The number of imidazole rings is 1. The van der Waals surface area contributed by atoms with Crippen molar-refractivity contribution in [2.24, 2.45) is 12.5 Å². The Hall–Kier alpha value is -3.23. The molecule has 2 N–H and O–H groups in total. The van der Waals surface area contributed by atoms with E-state index < -0.39 is 11.3 Å². The highest BCUT2D eigenvalue weighted by atomic mass is 19.3. The number of fused-ring (bicyclic) bond motifs is 1. The van der Waals surface area contributed by atoms with E-state index in [1.807, 2.05) is 24.1 Å². The molecule has 1 aromatic carbocycles. The highest BCUT2D eigenvalue weighted by molar-refractivity contribution is 5.97. The van der Waals surface area contributed by atoms with E-state index in [-0.39, 0.29) is 24.1 Å². The molecule has 31 heavy (non-hydrogen) atoms. The van der Waals surface area contributed by atoms with Gasteiger partial charge in [-0.1, -0.05) is 6.07 Å². The molecule has 0 bridgehead atoms. The Morgan fingerprint density at radius 2 is 2.06 bits per heavy atom. The van der Waals surface area contributed by atoms with Gasteiger partial charge in [-0.15, -0.1) is 0 Å². The molecule has 9 heteroatoms. The van der Waals surface area contributed by atoms with Crippen LogP contribution < -0.4 is 15.9 Å². The van der Waals surface area contributed by atoms with Gasteiger partial charge in [0.05, 0.1) is 11.0 Å². The highest BCUT2D eigenvalue weighted by Crippen LogP contribution is 2.71. The molecule has 162 valence electrons. The van der Waals surface area contributed by atoms with Gasteiger partial charge in [0, 0.05) is 50.3 Å². The van der Waals surface area contributed by atoms with Gasteiger partial charge in [-0.3, -0.25) is 9.36 Å². The smallest absolute Gasteiger partial charge is 0.326 e. The minimum absolute atomic E-state index is 0.0176. The number of rotatable bonds is 5. The fraction of sp³-hybridized carbons (Fsp3) is 0.409. The van der Waals surface area contributed by atoms with Crippen LogP contribution in [0, 0.1) is 5.41 Å². The van der Waals surface area contributed by atoms with Crippen LogP contribution in [0.25, 0.3) is 11.0 Å². The first-order valence-corrected chi connectivity index (χ1v) is 10.2. The molecule has 2 heterocycles. The Balaban J connectivity index is 1.18. The Morgan fingerprint density at radius 3 is 2.71 bits per heavy atom. The summed E-state index contributed by atoms with van der Waals surface area (Å²) in [5, 5.41) is 2.85. The van der Waals surface area contributed by atoms with Crippen molar-refractivity contribution >= 4 is 22.8 Å². The summed E-state index contributed by atoms with van der Waals surface area (Å²) in [5.74, 6) is -2.00. The van der Waals surface area contributed by atoms with E-state index >= 15 is 0 Å². The Bertz CT molecular complexity index is 1220. The molecule has 5 rings (SSSR count). The van der Waals surface area contributed by atoms with Crippen molar-refractivity contribution in [1.82, 2.24) is 19.9 Å². The third kappa shape index (κ3) is 3.19.